The standard InChI is InChI=1S/C15H21N3/c1-12-4-3-5-14(10-16)15(12)17-11-13-6-8-18(2)9-7-13/h3-5,13,17H,6-9,11H2,1-2H3. The van der Waals surface area contributed by atoms with Crippen LogP contribution in [0.1, 0.15) is 24.0 Å². The predicted molar refractivity (Wildman–Crippen MR) is 74.6 cm³/mol. The van der Waals surface area contributed by atoms with Gasteiger partial charge in [0, 0.05) is 6.54 Å². The van der Waals surface area contributed by atoms with Gasteiger partial charge in [-0.15, -0.1) is 0 Å². The molecule has 3 heteroatoms. The molecule has 1 aliphatic rings. The molecular formula is C15H21N3. The third-order valence-electron chi connectivity index (χ3n) is 3.80. The van der Waals surface area contributed by atoms with Crippen LogP contribution >= 0.6 is 0 Å². The van der Waals surface area contributed by atoms with Gasteiger partial charge in [-0.05, 0) is 57.5 Å². The molecule has 2 rings (SSSR count). The molecule has 1 aromatic carbocycles. The van der Waals surface area contributed by atoms with Crippen molar-refractivity contribution in [2.75, 3.05) is 32.0 Å². The number of anilines is 1. The summed E-state index contributed by atoms with van der Waals surface area (Å²) in [7, 11) is 2.18. The van der Waals surface area contributed by atoms with Crippen molar-refractivity contribution in [3.8, 4) is 6.07 Å². The topological polar surface area (TPSA) is 39.1 Å². The highest BCUT2D eigenvalue weighted by atomic mass is 15.1. The maximum Gasteiger partial charge on any atom is 0.101 e. The quantitative estimate of drug-likeness (QED) is 0.887. The zero-order chi connectivity index (χ0) is 13.0. The summed E-state index contributed by atoms with van der Waals surface area (Å²) in [6.07, 6.45) is 2.49. The van der Waals surface area contributed by atoms with Gasteiger partial charge in [-0.25, -0.2) is 0 Å². The van der Waals surface area contributed by atoms with Crippen molar-refractivity contribution in [2.24, 2.45) is 5.92 Å². The van der Waals surface area contributed by atoms with Gasteiger partial charge >= 0.3 is 0 Å². The Morgan fingerprint density at radius 2 is 2.11 bits per heavy atom. The Labute approximate surface area is 109 Å². The van der Waals surface area contributed by atoms with Crippen LogP contribution in [0.25, 0.3) is 0 Å². The summed E-state index contributed by atoms with van der Waals surface area (Å²) in [5, 5.41) is 12.6. The molecule has 0 radical (unpaired) electrons. The van der Waals surface area contributed by atoms with E-state index >= 15 is 0 Å². The number of hydrogen-bond donors (Lipinski definition) is 1. The van der Waals surface area contributed by atoms with Gasteiger partial charge in [0.2, 0.25) is 0 Å². The van der Waals surface area contributed by atoms with Crippen molar-refractivity contribution < 1.29 is 0 Å². The minimum atomic E-state index is 0.729. The van der Waals surface area contributed by atoms with Gasteiger partial charge in [0.25, 0.3) is 0 Å². The average Bonchev–Trinajstić information content (AvgIpc) is 2.39. The van der Waals surface area contributed by atoms with Crippen LogP contribution in [0.2, 0.25) is 0 Å². The fourth-order valence-corrected chi connectivity index (χ4v) is 2.51. The van der Waals surface area contributed by atoms with E-state index in [4.69, 9.17) is 5.26 Å². The van der Waals surface area contributed by atoms with Gasteiger partial charge in [-0.1, -0.05) is 12.1 Å². The molecule has 96 valence electrons. The van der Waals surface area contributed by atoms with Crippen molar-refractivity contribution in [1.29, 1.82) is 5.26 Å². The molecule has 3 nitrogen and oxygen atoms in total. The van der Waals surface area contributed by atoms with Crippen molar-refractivity contribution in [1.82, 2.24) is 4.90 Å². The minimum absolute atomic E-state index is 0.729. The Morgan fingerprint density at radius 3 is 2.78 bits per heavy atom. The van der Waals surface area contributed by atoms with Crippen molar-refractivity contribution in [3.63, 3.8) is 0 Å². The summed E-state index contributed by atoms with van der Waals surface area (Å²) < 4.78 is 0. The molecule has 0 atom stereocenters. The second-order valence-corrected chi connectivity index (χ2v) is 5.24. The van der Waals surface area contributed by atoms with E-state index in [0.717, 1.165) is 29.3 Å². The highest BCUT2D eigenvalue weighted by Crippen LogP contribution is 2.22. The molecule has 0 unspecified atom stereocenters. The molecule has 0 amide bonds. The van der Waals surface area contributed by atoms with Gasteiger partial charge < -0.3 is 10.2 Å². The second-order valence-electron chi connectivity index (χ2n) is 5.24. The largest absolute Gasteiger partial charge is 0.383 e. The molecule has 1 saturated heterocycles. The Bertz CT molecular complexity index is 440. The molecular weight excluding hydrogens is 222 g/mol. The van der Waals surface area contributed by atoms with E-state index in [1.807, 2.05) is 12.1 Å². The van der Waals surface area contributed by atoms with E-state index in [2.05, 4.69) is 36.3 Å². The van der Waals surface area contributed by atoms with Crippen LogP contribution < -0.4 is 5.32 Å². The second kappa shape index (κ2) is 5.88. The fraction of sp³-hybridized carbons (Fsp3) is 0.533. The number of nitrogens with zero attached hydrogens (tertiary/aromatic N) is 2. The minimum Gasteiger partial charge on any atom is -0.383 e. The number of piperidine rings is 1. The molecule has 1 aromatic rings. The number of benzene rings is 1. The summed E-state index contributed by atoms with van der Waals surface area (Å²) in [4.78, 5) is 2.38. The Morgan fingerprint density at radius 1 is 1.39 bits per heavy atom. The van der Waals surface area contributed by atoms with Crippen molar-refractivity contribution in [2.45, 2.75) is 19.8 Å². The maximum absolute atomic E-state index is 9.12. The molecule has 1 fully saturated rings. The molecule has 0 aromatic heterocycles. The lowest BCUT2D eigenvalue weighted by molar-refractivity contribution is 0.226. The molecule has 0 bridgehead atoms. The third kappa shape index (κ3) is 3.02. The van der Waals surface area contributed by atoms with E-state index < -0.39 is 0 Å². The zero-order valence-electron chi connectivity index (χ0n) is 11.2. The zero-order valence-corrected chi connectivity index (χ0v) is 11.2. The lowest BCUT2D eigenvalue weighted by atomic mass is 9.96. The lowest BCUT2D eigenvalue weighted by Crippen LogP contribution is -2.33. The number of hydrogen-bond acceptors (Lipinski definition) is 3. The van der Waals surface area contributed by atoms with Crippen LogP contribution in [0.5, 0.6) is 0 Å². The number of para-hydroxylation sites is 1. The molecule has 1 aliphatic heterocycles. The van der Waals surface area contributed by atoms with Crippen LogP contribution in [0.15, 0.2) is 18.2 Å². The number of nitriles is 1. The van der Waals surface area contributed by atoms with Gasteiger partial charge in [0.1, 0.15) is 6.07 Å². The van der Waals surface area contributed by atoms with Gasteiger partial charge in [-0.3, -0.25) is 0 Å². The lowest BCUT2D eigenvalue weighted by Gasteiger charge is -2.29. The Hall–Kier alpha value is -1.53. The summed E-state index contributed by atoms with van der Waals surface area (Å²) in [5.74, 6) is 0.729. The normalized spacial score (nSPS) is 17.4. The highest BCUT2D eigenvalue weighted by Gasteiger charge is 2.17. The van der Waals surface area contributed by atoms with Gasteiger partial charge in [0.15, 0.2) is 0 Å². The van der Waals surface area contributed by atoms with Gasteiger partial charge in [-0.2, -0.15) is 5.26 Å². The molecule has 0 saturated carbocycles. The van der Waals surface area contributed by atoms with Crippen LogP contribution in [-0.4, -0.2) is 31.6 Å². The summed E-state index contributed by atoms with van der Waals surface area (Å²) in [5.41, 5.74) is 2.92. The molecule has 1 N–H and O–H groups in total. The number of nitrogens with one attached hydrogen (secondary N) is 1. The first-order chi connectivity index (χ1) is 8.70. The number of aryl methyl sites for hydroxylation is 1. The monoisotopic (exact) mass is 243 g/mol. The molecule has 1 heterocycles. The average molecular weight is 243 g/mol. The number of rotatable bonds is 3. The predicted octanol–water partition coefficient (Wildman–Crippen LogP) is 2.62. The maximum atomic E-state index is 9.12. The van der Waals surface area contributed by atoms with Crippen molar-refractivity contribution in [3.05, 3.63) is 29.3 Å². The smallest absolute Gasteiger partial charge is 0.101 e. The molecule has 0 aliphatic carbocycles. The highest BCUT2D eigenvalue weighted by molar-refractivity contribution is 5.62. The van der Waals surface area contributed by atoms with E-state index in [-0.39, 0.29) is 0 Å². The van der Waals surface area contributed by atoms with Gasteiger partial charge in [0.05, 0.1) is 11.3 Å². The Balaban J connectivity index is 1.96. The van der Waals surface area contributed by atoms with E-state index in [9.17, 15) is 0 Å². The number of likely N-dealkylation sites (tertiary alicyclic amines) is 1. The first-order valence-corrected chi connectivity index (χ1v) is 6.63. The van der Waals surface area contributed by atoms with E-state index in [0.29, 0.717) is 0 Å². The van der Waals surface area contributed by atoms with Crippen LogP contribution in [0, 0.1) is 24.2 Å². The summed E-state index contributed by atoms with van der Waals surface area (Å²) >= 11 is 0. The third-order valence-corrected chi connectivity index (χ3v) is 3.80. The SMILES string of the molecule is Cc1cccc(C#N)c1NCC1CCN(C)CC1. The molecule has 18 heavy (non-hydrogen) atoms. The van der Waals surface area contributed by atoms with Crippen LogP contribution in [0.3, 0.4) is 0 Å². The summed E-state index contributed by atoms with van der Waals surface area (Å²) in [6, 6.07) is 8.13. The summed E-state index contributed by atoms with van der Waals surface area (Å²) in [6.45, 7) is 5.40. The van der Waals surface area contributed by atoms with E-state index in [1.54, 1.807) is 0 Å². The van der Waals surface area contributed by atoms with Crippen LogP contribution in [-0.2, 0) is 0 Å². The van der Waals surface area contributed by atoms with Crippen molar-refractivity contribution >= 4 is 5.69 Å². The Kier molecular flexibility index (Phi) is 4.22. The first kappa shape index (κ1) is 12.9. The fourth-order valence-electron chi connectivity index (χ4n) is 2.51. The first-order valence-electron chi connectivity index (χ1n) is 6.63. The van der Waals surface area contributed by atoms with E-state index in [1.165, 1.54) is 25.9 Å². The molecule has 0 spiro atoms. The van der Waals surface area contributed by atoms with Crippen LogP contribution in [0.4, 0.5) is 5.69 Å².